The summed E-state index contributed by atoms with van der Waals surface area (Å²) in [6, 6.07) is 13.4. The second kappa shape index (κ2) is 6.86. The Labute approximate surface area is 163 Å². The summed E-state index contributed by atoms with van der Waals surface area (Å²) >= 11 is 0. The molecule has 0 bridgehead atoms. The number of amides is 2. The number of hydrogen-bond acceptors (Lipinski definition) is 2. The highest BCUT2D eigenvalue weighted by atomic mass is 16.2. The summed E-state index contributed by atoms with van der Waals surface area (Å²) < 4.78 is 0. The second-order valence-electron chi connectivity index (χ2n) is 9.60. The third-order valence-electron chi connectivity index (χ3n) is 6.77. The molecular formula is C23H31N3O. The zero-order chi connectivity index (χ0) is 19.1. The van der Waals surface area contributed by atoms with Crippen LogP contribution >= 0.6 is 0 Å². The number of nitrogens with zero attached hydrogens (tertiary/aromatic N) is 3. The van der Waals surface area contributed by atoms with Crippen LogP contribution in [0.2, 0.25) is 0 Å². The maximum atomic E-state index is 13.2. The van der Waals surface area contributed by atoms with Gasteiger partial charge in [0.2, 0.25) is 0 Å². The number of carbonyl (C=O) groups excluding carboxylic acids is 1. The Morgan fingerprint density at radius 1 is 1.15 bits per heavy atom. The molecule has 0 atom stereocenters. The molecule has 2 saturated carbocycles. The highest BCUT2D eigenvalue weighted by Crippen LogP contribution is 2.46. The Bertz CT molecular complexity index is 724. The van der Waals surface area contributed by atoms with Gasteiger partial charge < -0.3 is 9.80 Å². The van der Waals surface area contributed by atoms with Gasteiger partial charge in [-0.2, -0.15) is 5.26 Å². The topological polar surface area (TPSA) is 47.3 Å². The minimum atomic E-state index is -0.492. The summed E-state index contributed by atoms with van der Waals surface area (Å²) in [4.78, 5) is 17.4. The van der Waals surface area contributed by atoms with Gasteiger partial charge in [0.25, 0.3) is 0 Å². The van der Waals surface area contributed by atoms with Crippen molar-refractivity contribution in [2.45, 2.75) is 63.8 Å². The first-order chi connectivity index (χ1) is 12.9. The van der Waals surface area contributed by atoms with Gasteiger partial charge in [0.1, 0.15) is 0 Å². The van der Waals surface area contributed by atoms with E-state index in [1.54, 1.807) is 0 Å². The van der Waals surface area contributed by atoms with E-state index in [0.29, 0.717) is 18.4 Å². The Morgan fingerprint density at radius 2 is 1.81 bits per heavy atom. The van der Waals surface area contributed by atoms with Crippen LogP contribution in [-0.4, -0.2) is 41.0 Å². The Morgan fingerprint density at radius 3 is 2.41 bits per heavy atom. The molecule has 4 nitrogen and oxygen atoms in total. The van der Waals surface area contributed by atoms with Gasteiger partial charge in [-0.15, -0.1) is 0 Å². The van der Waals surface area contributed by atoms with Crippen LogP contribution in [-0.2, 0) is 0 Å². The van der Waals surface area contributed by atoms with E-state index in [1.165, 1.54) is 18.4 Å². The summed E-state index contributed by atoms with van der Waals surface area (Å²) in [5, 5.41) is 9.42. The van der Waals surface area contributed by atoms with Crippen molar-refractivity contribution in [2.75, 3.05) is 19.6 Å². The molecule has 1 aromatic rings. The standard InChI is InChI=1S/C23H31N3O/c1-22(2,15-24)16-25-17-23(26(21(25)27)14-18-8-9-18)12-10-20(11-13-23)19-6-4-3-5-7-19/h3-7,18,20H,8-14,16-17H2,1-2H3. The molecule has 3 aliphatic rings. The average Bonchev–Trinajstić information content (AvgIpc) is 3.47. The van der Waals surface area contributed by atoms with Gasteiger partial charge in [0, 0.05) is 19.6 Å². The molecule has 0 radical (unpaired) electrons. The molecule has 0 N–H and O–H groups in total. The molecule has 1 spiro atoms. The highest BCUT2D eigenvalue weighted by Gasteiger charge is 2.52. The molecule has 2 amide bonds. The molecule has 3 fully saturated rings. The van der Waals surface area contributed by atoms with Crippen molar-refractivity contribution < 1.29 is 4.79 Å². The smallest absolute Gasteiger partial charge is 0.320 e. The van der Waals surface area contributed by atoms with E-state index in [1.807, 2.05) is 18.7 Å². The number of urea groups is 1. The molecule has 2 aliphatic carbocycles. The summed E-state index contributed by atoms with van der Waals surface area (Å²) in [5.41, 5.74) is 0.928. The van der Waals surface area contributed by atoms with Gasteiger partial charge in [-0.25, -0.2) is 4.79 Å². The van der Waals surface area contributed by atoms with Gasteiger partial charge in [-0.1, -0.05) is 30.3 Å². The Kier molecular flexibility index (Phi) is 4.66. The van der Waals surface area contributed by atoms with Crippen LogP contribution in [0.3, 0.4) is 0 Å². The SMILES string of the molecule is CC(C)(C#N)CN1CC2(CCC(c3ccccc3)CC2)N(CC2CC2)C1=O. The zero-order valence-corrected chi connectivity index (χ0v) is 16.7. The summed E-state index contributed by atoms with van der Waals surface area (Å²) in [6.45, 7) is 6.11. The predicted octanol–water partition coefficient (Wildman–Crippen LogP) is 4.78. The fourth-order valence-corrected chi connectivity index (χ4v) is 4.99. The Balaban J connectivity index is 1.51. The second-order valence-corrected chi connectivity index (χ2v) is 9.60. The number of nitriles is 1. The largest absolute Gasteiger partial charge is 0.321 e. The lowest BCUT2D eigenvalue weighted by atomic mass is 9.73. The number of carbonyl (C=O) groups is 1. The minimum Gasteiger partial charge on any atom is -0.321 e. The molecular weight excluding hydrogens is 334 g/mol. The van der Waals surface area contributed by atoms with E-state index >= 15 is 0 Å². The van der Waals surface area contributed by atoms with Crippen LogP contribution in [0, 0.1) is 22.7 Å². The molecule has 0 aromatic heterocycles. The molecule has 27 heavy (non-hydrogen) atoms. The van der Waals surface area contributed by atoms with Crippen LogP contribution in [0.15, 0.2) is 30.3 Å². The van der Waals surface area contributed by atoms with Gasteiger partial charge in [-0.05, 0) is 69.8 Å². The van der Waals surface area contributed by atoms with Crippen LogP contribution in [0.25, 0.3) is 0 Å². The third-order valence-corrected chi connectivity index (χ3v) is 6.77. The van der Waals surface area contributed by atoms with Gasteiger partial charge >= 0.3 is 6.03 Å². The zero-order valence-electron chi connectivity index (χ0n) is 16.7. The molecule has 144 valence electrons. The summed E-state index contributed by atoms with van der Waals surface area (Å²) in [7, 11) is 0. The van der Waals surface area contributed by atoms with Crippen molar-refractivity contribution >= 4 is 6.03 Å². The minimum absolute atomic E-state index is 0.0174. The monoisotopic (exact) mass is 365 g/mol. The molecule has 4 rings (SSSR count). The molecule has 1 saturated heterocycles. The lowest BCUT2D eigenvalue weighted by Crippen LogP contribution is -2.50. The van der Waals surface area contributed by atoms with E-state index in [-0.39, 0.29) is 11.6 Å². The van der Waals surface area contributed by atoms with Crippen molar-refractivity contribution in [3.8, 4) is 6.07 Å². The highest BCUT2D eigenvalue weighted by molar-refractivity contribution is 5.78. The maximum Gasteiger partial charge on any atom is 0.320 e. The third kappa shape index (κ3) is 3.70. The van der Waals surface area contributed by atoms with E-state index in [9.17, 15) is 10.1 Å². The van der Waals surface area contributed by atoms with Gasteiger partial charge in [-0.3, -0.25) is 0 Å². The fraction of sp³-hybridized carbons (Fsp3) is 0.652. The van der Waals surface area contributed by atoms with Crippen LogP contribution in [0.4, 0.5) is 4.79 Å². The predicted molar refractivity (Wildman–Crippen MR) is 106 cm³/mol. The first-order valence-electron chi connectivity index (χ1n) is 10.5. The van der Waals surface area contributed by atoms with Crippen LogP contribution in [0.5, 0.6) is 0 Å². The lowest BCUT2D eigenvalue weighted by molar-refractivity contribution is 0.108. The van der Waals surface area contributed by atoms with Gasteiger partial charge in [0.15, 0.2) is 0 Å². The first-order valence-corrected chi connectivity index (χ1v) is 10.5. The van der Waals surface area contributed by atoms with Gasteiger partial charge in [0.05, 0.1) is 17.0 Å². The average molecular weight is 366 g/mol. The first kappa shape index (κ1) is 18.3. The van der Waals surface area contributed by atoms with E-state index in [2.05, 4.69) is 41.3 Å². The van der Waals surface area contributed by atoms with Crippen molar-refractivity contribution in [2.24, 2.45) is 11.3 Å². The van der Waals surface area contributed by atoms with Crippen LogP contribution < -0.4 is 0 Å². The molecule has 0 unspecified atom stereocenters. The Hall–Kier alpha value is -2.02. The quantitative estimate of drug-likeness (QED) is 0.754. The molecule has 1 aromatic carbocycles. The van der Waals surface area contributed by atoms with Crippen LogP contribution in [0.1, 0.15) is 63.9 Å². The van der Waals surface area contributed by atoms with E-state index < -0.39 is 5.41 Å². The van der Waals surface area contributed by atoms with Crippen molar-refractivity contribution in [3.05, 3.63) is 35.9 Å². The number of hydrogen-bond donors (Lipinski definition) is 0. The fourth-order valence-electron chi connectivity index (χ4n) is 4.99. The summed E-state index contributed by atoms with van der Waals surface area (Å²) in [6.07, 6.45) is 6.97. The number of rotatable bonds is 5. The number of benzene rings is 1. The van der Waals surface area contributed by atoms with E-state index in [4.69, 9.17) is 0 Å². The molecule has 4 heteroatoms. The normalized spacial score (nSPS) is 28.6. The summed E-state index contributed by atoms with van der Waals surface area (Å²) in [5.74, 6) is 1.31. The van der Waals surface area contributed by atoms with Crippen molar-refractivity contribution in [1.82, 2.24) is 9.80 Å². The van der Waals surface area contributed by atoms with Crippen molar-refractivity contribution in [3.63, 3.8) is 0 Å². The van der Waals surface area contributed by atoms with E-state index in [0.717, 1.165) is 38.8 Å². The lowest BCUT2D eigenvalue weighted by Gasteiger charge is -2.43. The molecule has 1 aliphatic heterocycles. The maximum absolute atomic E-state index is 13.2. The molecule has 1 heterocycles. The van der Waals surface area contributed by atoms with Crippen molar-refractivity contribution in [1.29, 1.82) is 5.26 Å².